The van der Waals surface area contributed by atoms with Crippen molar-refractivity contribution in [3.8, 4) is 5.75 Å². The molecule has 1 amide bonds. The second-order valence-corrected chi connectivity index (χ2v) is 6.20. The lowest BCUT2D eigenvalue weighted by molar-refractivity contribution is 0.0692. The van der Waals surface area contributed by atoms with Gasteiger partial charge in [-0.15, -0.1) is 0 Å². The first-order chi connectivity index (χ1) is 11.9. The minimum absolute atomic E-state index is 0.0258. The molecule has 0 saturated carbocycles. The average Bonchev–Trinajstić information content (AvgIpc) is 2.86. The van der Waals surface area contributed by atoms with Gasteiger partial charge in [-0.05, 0) is 38.0 Å². The first-order valence-electron chi connectivity index (χ1n) is 8.17. The van der Waals surface area contributed by atoms with Crippen LogP contribution in [0.25, 0.3) is 0 Å². The summed E-state index contributed by atoms with van der Waals surface area (Å²) in [6.07, 6.45) is 1.33. The summed E-state index contributed by atoms with van der Waals surface area (Å²) in [5.41, 5.74) is 0.158. The van der Waals surface area contributed by atoms with E-state index >= 15 is 0 Å². The van der Waals surface area contributed by atoms with Crippen molar-refractivity contribution in [2.75, 3.05) is 20.2 Å². The highest BCUT2D eigenvalue weighted by molar-refractivity contribution is 5.94. The van der Waals surface area contributed by atoms with Crippen LogP contribution in [-0.2, 0) is 7.05 Å². The molecule has 0 spiro atoms. The molecule has 0 radical (unpaired) electrons. The minimum atomic E-state index is -0.555. The van der Waals surface area contributed by atoms with E-state index in [1.165, 1.54) is 23.9 Å². The smallest absolute Gasteiger partial charge is 0.345 e. The molecule has 2 heterocycles. The van der Waals surface area contributed by atoms with Gasteiger partial charge in [-0.1, -0.05) is 0 Å². The molecule has 8 heteroatoms. The average molecular weight is 348 g/mol. The molecule has 3 rings (SSSR count). The van der Waals surface area contributed by atoms with Crippen LogP contribution in [0.1, 0.15) is 35.1 Å². The second kappa shape index (κ2) is 6.70. The van der Waals surface area contributed by atoms with E-state index in [9.17, 15) is 14.0 Å². The Morgan fingerprint density at radius 2 is 2.00 bits per heavy atom. The highest BCUT2D eigenvalue weighted by Gasteiger charge is 2.27. The van der Waals surface area contributed by atoms with Crippen LogP contribution in [0.4, 0.5) is 4.39 Å². The largest absolute Gasteiger partial charge is 0.494 e. The van der Waals surface area contributed by atoms with Crippen LogP contribution in [0.2, 0.25) is 0 Å². The molecule has 1 aromatic carbocycles. The van der Waals surface area contributed by atoms with Gasteiger partial charge in [0.2, 0.25) is 0 Å². The molecule has 1 saturated heterocycles. The molecule has 1 aliphatic heterocycles. The number of ether oxygens (including phenoxy) is 1. The van der Waals surface area contributed by atoms with E-state index in [2.05, 4.69) is 5.10 Å². The number of aromatic nitrogens is 3. The van der Waals surface area contributed by atoms with Crippen molar-refractivity contribution in [3.05, 3.63) is 45.9 Å². The summed E-state index contributed by atoms with van der Waals surface area (Å²) in [5.74, 6) is 0.0206. The number of hydrogen-bond donors (Lipinski definition) is 0. The van der Waals surface area contributed by atoms with Crippen LogP contribution in [0.15, 0.2) is 23.0 Å². The highest BCUT2D eigenvalue weighted by Crippen LogP contribution is 2.24. The maximum absolute atomic E-state index is 13.8. The van der Waals surface area contributed by atoms with E-state index in [0.29, 0.717) is 37.3 Å². The molecule has 0 atom stereocenters. The van der Waals surface area contributed by atoms with E-state index in [-0.39, 0.29) is 23.4 Å². The third-order valence-electron chi connectivity index (χ3n) is 4.64. The van der Waals surface area contributed by atoms with E-state index in [1.807, 2.05) is 0 Å². The normalized spacial score (nSPS) is 15.4. The molecule has 2 aromatic rings. The van der Waals surface area contributed by atoms with E-state index < -0.39 is 5.82 Å². The van der Waals surface area contributed by atoms with Crippen LogP contribution in [0, 0.1) is 12.7 Å². The second-order valence-electron chi connectivity index (χ2n) is 6.20. The number of methoxy groups -OCH3 is 1. The van der Waals surface area contributed by atoms with Gasteiger partial charge in [-0.25, -0.2) is 13.9 Å². The third-order valence-corrected chi connectivity index (χ3v) is 4.64. The third kappa shape index (κ3) is 3.16. The monoisotopic (exact) mass is 348 g/mol. The zero-order chi connectivity index (χ0) is 18.1. The number of amides is 1. The molecule has 25 heavy (non-hydrogen) atoms. The lowest BCUT2D eigenvalue weighted by Gasteiger charge is -2.32. The number of carbonyl (C=O) groups excluding carboxylic acids is 1. The highest BCUT2D eigenvalue weighted by atomic mass is 19.1. The Bertz CT molecular complexity index is 850. The van der Waals surface area contributed by atoms with Gasteiger partial charge in [0.25, 0.3) is 5.91 Å². The van der Waals surface area contributed by atoms with Gasteiger partial charge in [0.05, 0.1) is 7.11 Å². The quantitative estimate of drug-likeness (QED) is 0.843. The summed E-state index contributed by atoms with van der Waals surface area (Å²) in [6.45, 7) is 2.83. The van der Waals surface area contributed by atoms with Gasteiger partial charge in [0.15, 0.2) is 11.6 Å². The van der Waals surface area contributed by atoms with E-state index in [1.54, 1.807) is 29.5 Å². The Labute approximate surface area is 144 Å². The van der Waals surface area contributed by atoms with E-state index in [0.717, 1.165) is 0 Å². The van der Waals surface area contributed by atoms with Gasteiger partial charge in [0.1, 0.15) is 5.82 Å². The molecule has 134 valence electrons. The zero-order valence-corrected chi connectivity index (χ0v) is 14.5. The standard InChI is InChI=1S/C17H21FN4O3/c1-11-19-20(2)17(24)22(11)13-6-8-21(9-7-13)16(23)12-4-5-15(25-3)14(18)10-12/h4-5,10,13H,6-9H2,1-3H3. The molecule has 1 fully saturated rings. The minimum Gasteiger partial charge on any atom is -0.494 e. The van der Waals surface area contributed by atoms with Gasteiger partial charge in [-0.2, -0.15) is 5.10 Å². The van der Waals surface area contributed by atoms with Gasteiger partial charge < -0.3 is 9.64 Å². The summed E-state index contributed by atoms with van der Waals surface area (Å²) < 4.78 is 21.7. The topological polar surface area (TPSA) is 69.4 Å². The Balaban J connectivity index is 1.70. The lowest BCUT2D eigenvalue weighted by atomic mass is 10.0. The fourth-order valence-corrected chi connectivity index (χ4v) is 3.33. The zero-order valence-electron chi connectivity index (χ0n) is 14.5. The van der Waals surface area contributed by atoms with Crippen LogP contribution in [0.5, 0.6) is 5.75 Å². The van der Waals surface area contributed by atoms with Gasteiger partial charge >= 0.3 is 5.69 Å². The summed E-state index contributed by atoms with van der Waals surface area (Å²) in [5, 5.41) is 4.15. The molecular formula is C17H21FN4O3. The number of benzene rings is 1. The number of nitrogens with zero attached hydrogens (tertiary/aromatic N) is 4. The van der Waals surface area contributed by atoms with Crippen molar-refractivity contribution < 1.29 is 13.9 Å². The molecule has 0 N–H and O–H groups in total. The van der Waals surface area contributed by atoms with Crippen molar-refractivity contribution in [2.24, 2.45) is 7.05 Å². The molecular weight excluding hydrogens is 327 g/mol. The SMILES string of the molecule is COc1ccc(C(=O)N2CCC(n3c(C)nn(C)c3=O)CC2)cc1F. The fourth-order valence-electron chi connectivity index (χ4n) is 3.33. The molecule has 0 aliphatic carbocycles. The summed E-state index contributed by atoms with van der Waals surface area (Å²) in [7, 11) is 3.01. The predicted molar refractivity (Wildman–Crippen MR) is 89.3 cm³/mol. The Hall–Kier alpha value is -2.64. The Kier molecular flexibility index (Phi) is 4.61. The summed E-state index contributed by atoms with van der Waals surface area (Å²) in [4.78, 5) is 26.4. The maximum atomic E-state index is 13.8. The Morgan fingerprint density at radius 1 is 1.32 bits per heavy atom. The first kappa shape index (κ1) is 17.2. The number of hydrogen-bond acceptors (Lipinski definition) is 4. The first-order valence-corrected chi connectivity index (χ1v) is 8.17. The Morgan fingerprint density at radius 3 is 2.52 bits per heavy atom. The number of carbonyl (C=O) groups is 1. The number of rotatable bonds is 3. The lowest BCUT2D eigenvalue weighted by Crippen LogP contribution is -2.41. The van der Waals surface area contributed by atoms with Crippen molar-refractivity contribution in [3.63, 3.8) is 0 Å². The molecule has 0 bridgehead atoms. The summed E-state index contributed by atoms with van der Waals surface area (Å²) in [6, 6.07) is 4.24. The van der Waals surface area contributed by atoms with Crippen molar-refractivity contribution >= 4 is 5.91 Å². The van der Waals surface area contributed by atoms with Crippen molar-refractivity contribution in [1.29, 1.82) is 0 Å². The van der Waals surface area contributed by atoms with Crippen LogP contribution >= 0.6 is 0 Å². The van der Waals surface area contributed by atoms with Crippen LogP contribution in [-0.4, -0.2) is 45.4 Å². The number of likely N-dealkylation sites (tertiary alicyclic amines) is 1. The van der Waals surface area contributed by atoms with Crippen molar-refractivity contribution in [1.82, 2.24) is 19.2 Å². The van der Waals surface area contributed by atoms with Crippen molar-refractivity contribution in [2.45, 2.75) is 25.8 Å². The summed E-state index contributed by atoms with van der Waals surface area (Å²) >= 11 is 0. The van der Waals surface area contributed by atoms with E-state index in [4.69, 9.17) is 4.74 Å². The fraction of sp³-hybridized carbons (Fsp3) is 0.471. The number of piperidine rings is 1. The molecule has 0 unspecified atom stereocenters. The molecule has 7 nitrogen and oxygen atoms in total. The number of halogens is 1. The predicted octanol–water partition coefficient (Wildman–Crippen LogP) is 1.52. The molecule has 1 aromatic heterocycles. The van der Waals surface area contributed by atoms with Crippen LogP contribution in [0.3, 0.4) is 0 Å². The molecule has 1 aliphatic rings. The number of aryl methyl sites for hydroxylation is 2. The van der Waals surface area contributed by atoms with Gasteiger partial charge in [-0.3, -0.25) is 9.36 Å². The van der Waals surface area contributed by atoms with Gasteiger partial charge in [0, 0.05) is 31.7 Å². The maximum Gasteiger partial charge on any atom is 0.345 e. The van der Waals surface area contributed by atoms with Crippen LogP contribution < -0.4 is 10.4 Å².